The second-order valence-corrected chi connectivity index (χ2v) is 22.4. The van der Waals surface area contributed by atoms with Crippen molar-refractivity contribution in [3.63, 3.8) is 0 Å². The van der Waals surface area contributed by atoms with Crippen molar-refractivity contribution in [3.8, 4) is 0 Å². The Morgan fingerprint density at radius 1 is 0.481 bits per heavy atom. The zero-order chi connectivity index (χ0) is 57.3. The van der Waals surface area contributed by atoms with E-state index in [0.717, 1.165) is 96.3 Å². The van der Waals surface area contributed by atoms with Crippen LogP contribution in [0.5, 0.6) is 0 Å². The lowest BCUT2D eigenvalue weighted by atomic mass is 9.99. The lowest BCUT2D eigenvalue weighted by molar-refractivity contribution is -0.302. The van der Waals surface area contributed by atoms with Crippen LogP contribution in [0.2, 0.25) is 0 Å². The molecule has 0 radical (unpaired) electrons. The van der Waals surface area contributed by atoms with Gasteiger partial charge in [0.15, 0.2) is 6.29 Å². The zero-order valence-electron chi connectivity index (χ0n) is 50.6. The van der Waals surface area contributed by atoms with Gasteiger partial charge in [-0.2, -0.15) is 0 Å². The molecule has 7 atom stereocenters. The first kappa shape index (κ1) is 74.1. The molecule has 0 spiro atoms. The highest BCUT2D eigenvalue weighted by molar-refractivity contribution is 5.76. The summed E-state index contributed by atoms with van der Waals surface area (Å²) >= 11 is 0. The van der Waals surface area contributed by atoms with Crippen molar-refractivity contribution in [1.82, 2.24) is 5.32 Å². The molecule has 1 heterocycles. The number of allylic oxidation sites excluding steroid dienone is 11. The van der Waals surface area contributed by atoms with Crippen LogP contribution in [0.1, 0.15) is 284 Å². The van der Waals surface area contributed by atoms with Crippen LogP contribution in [0.15, 0.2) is 72.9 Å². The Hall–Kier alpha value is -2.90. The second kappa shape index (κ2) is 56.9. The average Bonchev–Trinajstić information content (AvgIpc) is 3.51. The molecule has 6 N–H and O–H groups in total. The number of carbonyl (C=O) groups is 2. The highest BCUT2D eigenvalue weighted by Gasteiger charge is 2.44. The summed E-state index contributed by atoms with van der Waals surface area (Å²) in [6, 6.07) is -0.843. The Morgan fingerprint density at radius 3 is 1.39 bits per heavy atom. The third-order valence-electron chi connectivity index (χ3n) is 15.0. The fraction of sp³-hybridized carbons (Fsp3) is 0.794. The predicted molar refractivity (Wildman–Crippen MR) is 329 cm³/mol. The van der Waals surface area contributed by atoms with Gasteiger partial charge in [-0.1, -0.05) is 234 Å². The van der Waals surface area contributed by atoms with E-state index in [1.54, 1.807) is 6.08 Å². The molecule has 1 amide bonds. The molecule has 7 unspecified atom stereocenters. The summed E-state index contributed by atoms with van der Waals surface area (Å²) in [5.74, 6) is -0.219. The van der Waals surface area contributed by atoms with E-state index in [1.165, 1.54) is 154 Å². The van der Waals surface area contributed by atoms with Crippen molar-refractivity contribution in [3.05, 3.63) is 72.9 Å². The summed E-state index contributed by atoms with van der Waals surface area (Å²) in [7, 11) is 0. The first-order valence-electron chi connectivity index (χ1n) is 32.7. The fourth-order valence-electron chi connectivity index (χ4n) is 9.85. The number of rotatable bonds is 56. The van der Waals surface area contributed by atoms with Crippen LogP contribution in [-0.2, 0) is 23.8 Å². The Morgan fingerprint density at radius 2 is 0.899 bits per heavy atom. The fourth-order valence-corrected chi connectivity index (χ4v) is 9.85. The summed E-state index contributed by atoms with van der Waals surface area (Å²) in [6.45, 7) is 4.18. The molecule has 1 rings (SSSR count). The number of amides is 1. The van der Waals surface area contributed by atoms with Crippen LogP contribution in [0.4, 0.5) is 0 Å². The second-order valence-electron chi connectivity index (χ2n) is 22.4. The number of hydrogen-bond acceptors (Lipinski definition) is 10. The molecule has 1 aliphatic heterocycles. The van der Waals surface area contributed by atoms with Gasteiger partial charge in [0, 0.05) is 12.8 Å². The molecule has 0 aromatic carbocycles. The molecule has 11 heteroatoms. The molecular formula is C68H121NO10. The van der Waals surface area contributed by atoms with Gasteiger partial charge in [0.05, 0.1) is 32.0 Å². The molecule has 0 aromatic rings. The molecule has 0 aliphatic carbocycles. The van der Waals surface area contributed by atoms with E-state index in [-0.39, 0.29) is 18.5 Å². The van der Waals surface area contributed by atoms with Crippen LogP contribution in [-0.4, -0.2) is 100 Å². The summed E-state index contributed by atoms with van der Waals surface area (Å²) in [4.78, 5) is 25.1. The van der Waals surface area contributed by atoms with Gasteiger partial charge in [-0.15, -0.1) is 0 Å². The van der Waals surface area contributed by atoms with E-state index in [2.05, 4.69) is 79.9 Å². The van der Waals surface area contributed by atoms with Gasteiger partial charge in [-0.3, -0.25) is 9.59 Å². The smallest absolute Gasteiger partial charge is 0.305 e. The Kier molecular flexibility index (Phi) is 53.4. The van der Waals surface area contributed by atoms with Gasteiger partial charge in [-0.05, 0) is 109 Å². The van der Waals surface area contributed by atoms with Gasteiger partial charge in [0.1, 0.15) is 24.4 Å². The maximum absolute atomic E-state index is 13.0. The number of aliphatic hydroxyl groups is 5. The van der Waals surface area contributed by atoms with E-state index < -0.39 is 49.5 Å². The average molecular weight is 1110 g/mol. The van der Waals surface area contributed by atoms with Crippen molar-refractivity contribution in [2.75, 3.05) is 19.8 Å². The summed E-state index contributed by atoms with van der Waals surface area (Å²) in [5.41, 5.74) is 0. The predicted octanol–water partition coefficient (Wildman–Crippen LogP) is 16.0. The number of aliphatic hydroxyl groups excluding tert-OH is 5. The van der Waals surface area contributed by atoms with Gasteiger partial charge in [0.2, 0.25) is 5.91 Å². The number of hydrogen-bond donors (Lipinski definition) is 6. The quantitative estimate of drug-likeness (QED) is 0.0195. The molecular weight excluding hydrogens is 991 g/mol. The number of ether oxygens (including phenoxy) is 3. The van der Waals surface area contributed by atoms with Gasteiger partial charge >= 0.3 is 5.97 Å². The van der Waals surface area contributed by atoms with E-state index in [0.29, 0.717) is 25.9 Å². The Bertz CT molecular complexity index is 1540. The SMILES string of the molecule is CC/C=C/CC/C=C/CC/C=C/C(O)C(COC1OC(CO)C(O)C(O)C1O)NC(=O)CCCCCCCCC/C=C\C/C=C\CCCCCCCCCCCOC(=O)CCCCCCCCC/C=C\CCCCCCCCC. The third kappa shape index (κ3) is 46.3. The van der Waals surface area contributed by atoms with Crippen molar-refractivity contribution in [2.24, 2.45) is 0 Å². The van der Waals surface area contributed by atoms with Crippen LogP contribution in [0, 0.1) is 0 Å². The minimum atomic E-state index is -1.58. The first-order chi connectivity index (χ1) is 38.7. The number of unbranched alkanes of at least 4 members (excludes halogenated alkanes) is 32. The van der Waals surface area contributed by atoms with Crippen molar-refractivity contribution >= 4 is 11.9 Å². The maximum atomic E-state index is 13.0. The third-order valence-corrected chi connectivity index (χ3v) is 15.0. The van der Waals surface area contributed by atoms with Crippen molar-refractivity contribution in [1.29, 1.82) is 0 Å². The number of carbonyl (C=O) groups excluding carboxylic acids is 2. The maximum Gasteiger partial charge on any atom is 0.305 e. The monoisotopic (exact) mass is 1110 g/mol. The molecule has 0 aromatic heterocycles. The molecule has 79 heavy (non-hydrogen) atoms. The standard InChI is InChI=1S/C68H121NO10/c1-3-5-7-9-11-13-15-16-17-18-27-30-33-36-40-44-48-52-56-64(73)77-57-53-49-45-41-37-34-31-28-25-23-21-19-20-22-24-26-29-32-35-39-43-47-51-55-63(72)69-60(59-78-68-67(76)66(75)65(74)62(58-70)79-68)61(71)54-50-46-42-38-14-12-10-8-6-4-2/h6,8,14,17-19,21-22,24,38,50,54,60-62,65-68,70-71,74-76H,3-5,7,9-13,15-16,20,23,25-37,39-49,51-53,55-59H2,1-2H3,(H,69,72)/b8-6+,18-17-,21-19-,24-22-,38-14+,54-50+. The minimum Gasteiger partial charge on any atom is -0.466 e. The molecule has 458 valence electrons. The van der Waals surface area contributed by atoms with Gasteiger partial charge in [-0.25, -0.2) is 0 Å². The van der Waals surface area contributed by atoms with E-state index in [9.17, 15) is 35.1 Å². The molecule has 1 aliphatic rings. The minimum absolute atomic E-state index is 0.00914. The van der Waals surface area contributed by atoms with Crippen LogP contribution in [0.25, 0.3) is 0 Å². The van der Waals surface area contributed by atoms with E-state index >= 15 is 0 Å². The van der Waals surface area contributed by atoms with E-state index in [1.807, 2.05) is 6.08 Å². The van der Waals surface area contributed by atoms with Crippen molar-refractivity contribution in [2.45, 2.75) is 326 Å². The molecule has 0 bridgehead atoms. The zero-order valence-corrected chi connectivity index (χ0v) is 50.6. The highest BCUT2D eigenvalue weighted by atomic mass is 16.7. The number of nitrogens with one attached hydrogen (secondary N) is 1. The van der Waals surface area contributed by atoms with Crippen LogP contribution in [0.3, 0.4) is 0 Å². The lowest BCUT2D eigenvalue weighted by Gasteiger charge is -2.40. The van der Waals surface area contributed by atoms with Crippen molar-refractivity contribution < 1.29 is 49.3 Å². The largest absolute Gasteiger partial charge is 0.466 e. The van der Waals surface area contributed by atoms with Gasteiger partial charge in [0.25, 0.3) is 0 Å². The van der Waals surface area contributed by atoms with Gasteiger partial charge < -0.3 is 45.1 Å². The molecule has 11 nitrogen and oxygen atoms in total. The molecule has 1 fully saturated rings. The molecule has 0 saturated carbocycles. The summed E-state index contributed by atoms with van der Waals surface area (Å²) in [5, 5.41) is 54.2. The summed E-state index contributed by atoms with van der Waals surface area (Å²) < 4.78 is 16.7. The van der Waals surface area contributed by atoms with Crippen LogP contribution < -0.4 is 5.32 Å². The topological polar surface area (TPSA) is 175 Å². The van der Waals surface area contributed by atoms with Crippen LogP contribution >= 0.6 is 0 Å². The Labute approximate surface area is 483 Å². The van der Waals surface area contributed by atoms with E-state index in [4.69, 9.17) is 14.2 Å². The summed E-state index contributed by atoms with van der Waals surface area (Å²) in [6.07, 6.45) is 66.0. The first-order valence-corrected chi connectivity index (χ1v) is 32.7. The highest BCUT2D eigenvalue weighted by Crippen LogP contribution is 2.23. The Balaban J connectivity index is 2.00. The number of esters is 1. The molecule has 1 saturated heterocycles. The lowest BCUT2D eigenvalue weighted by Crippen LogP contribution is -2.60. The normalized spacial score (nSPS) is 18.9.